The van der Waals surface area contributed by atoms with E-state index in [1.54, 1.807) is 24.3 Å². The standard InChI is InChI=1S/C20H28N2O4/c1-2-3-14-26-20(25)16-12-8-9-13-17(16)22-19(24)18(23)21-15-10-6-4-5-7-11-15/h8-9,12-13,15H,2-7,10-11,14H2,1H3,(H,21,23)(H,22,24). The Kier molecular flexibility index (Phi) is 8.12. The first-order valence-electron chi connectivity index (χ1n) is 9.49. The second-order valence-electron chi connectivity index (χ2n) is 6.65. The van der Waals surface area contributed by atoms with Crippen molar-refractivity contribution in [3.63, 3.8) is 0 Å². The van der Waals surface area contributed by atoms with Gasteiger partial charge in [0.1, 0.15) is 0 Å². The fraction of sp³-hybridized carbons (Fsp3) is 0.550. The number of carbonyl (C=O) groups is 3. The number of unbranched alkanes of at least 4 members (excludes halogenated alkanes) is 1. The van der Waals surface area contributed by atoms with Gasteiger partial charge in [-0.3, -0.25) is 9.59 Å². The van der Waals surface area contributed by atoms with Gasteiger partial charge in [0.2, 0.25) is 0 Å². The molecule has 1 aliphatic carbocycles. The van der Waals surface area contributed by atoms with Crippen molar-refractivity contribution in [2.75, 3.05) is 11.9 Å². The van der Waals surface area contributed by atoms with Crippen LogP contribution < -0.4 is 10.6 Å². The van der Waals surface area contributed by atoms with Crippen molar-refractivity contribution >= 4 is 23.5 Å². The van der Waals surface area contributed by atoms with Crippen molar-refractivity contribution in [2.45, 2.75) is 64.3 Å². The SMILES string of the molecule is CCCCOC(=O)c1ccccc1NC(=O)C(=O)NC1CCCCCC1. The summed E-state index contributed by atoms with van der Waals surface area (Å²) >= 11 is 0. The van der Waals surface area contributed by atoms with E-state index in [1.165, 1.54) is 12.8 Å². The summed E-state index contributed by atoms with van der Waals surface area (Å²) in [4.78, 5) is 36.6. The average Bonchev–Trinajstić information content (AvgIpc) is 2.91. The molecule has 0 unspecified atom stereocenters. The number of amides is 2. The van der Waals surface area contributed by atoms with Crippen LogP contribution >= 0.6 is 0 Å². The molecule has 1 aliphatic rings. The van der Waals surface area contributed by atoms with Gasteiger partial charge in [-0.25, -0.2) is 4.79 Å². The number of anilines is 1. The molecular formula is C20H28N2O4. The molecule has 2 amide bonds. The molecular weight excluding hydrogens is 332 g/mol. The van der Waals surface area contributed by atoms with Gasteiger partial charge >= 0.3 is 17.8 Å². The second-order valence-corrected chi connectivity index (χ2v) is 6.65. The smallest absolute Gasteiger partial charge is 0.340 e. The van der Waals surface area contributed by atoms with Crippen LogP contribution in [0.15, 0.2) is 24.3 Å². The molecule has 1 fully saturated rings. The number of benzene rings is 1. The van der Waals surface area contributed by atoms with Gasteiger partial charge < -0.3 is 15.4 Å². The third-order valence-electron chi connectivity index (χ3n) is 4.52. The maximum atomic E-state index is 12.2. The van der Waals surface area contributed by atoms with Gasteiger partial charge in [-0.15, -0.1) is 0 Å². The lowest BCUT2D eigenvalue weighted by atomic mass is 10.1. The quantitative estimate of drug-likeness (QED) is 0.352. The summed E-state index contributed by atoms with van der Waals surface area (Å²) in [6, 6.07) is 6.60. The fourth-order valence-electron chi connectivity index (χ4n) is 3.01. The minimum atomic E-state index is -0.761. The van der Waals surface area contributed by atoms with Crippen LogP contribution in [-0.2, 0) is 14.3 Å². The molecule has 142 valence electrons. The molecule has 0 atom stereocenters. The molecule has 0 bridgehead atoms. The Balaban J connectivity index is 1.95. The minimum Gasteiger partial charge on any atom is -0.462 e. The van der Waals surface area contributed by atoms with Crippen LogP contribution in [0.1, 0.15) is 68.6 Å². The molecule has 1 aromatic carbocycles. The van der Waals surface area contributed by atoms with E-state index in [4.69, 9.17) is 4.74 Å². The summed E-state index contributed by atoms with van der Waals surface area (Å²) in [5, 5.41) is 5.34. The van der Waals surface area contributed by atoms with E-state index in [0.29, 0.717) is 6.61 Å². The van der Waals surface area contributed by atoms with Gasteiger partial charge in [0.05, 0.1) is 17.9 Å². The van der Waals surface area contributed by atoms with Crippen molar-refractivity contribution in [3.8, 4) is 0 Å². The summed E-state index contributed by atoms with van der Waals surface area (Å²) in [6.45, 7) is 2.34. The third-order valence-corrected chi connectivity index (χ3v) is 4.52. The van der Waals surface area contributed by atoms with E-state index in [0.717, 1.165) is 38.5 Å². The third kappa shape index (κ3) is 6.17. The molecule has 0 heterocycles. The van der Waals surface area contributed by atoms with Gasteiger partial charge in [-0.1, -0.05) is 51.2 Å². The highest BCUT2D eigenvalue weighted by Gasteiger charge is 2.21. The monoisotopic (exact) mass is 360 g/mol. The Morgan fingerprint density at radius 3 is 2.42 bits per heavy atom. The van der Waals surface area contributed by atoms with E-state index >= 15 is 0 Å². The predicted molar refractivity (Wildman–Crippen MR) is 99.9 cm³/mol. The second kappa shape index (κ2) is 10.6. The number of nitrogens with one attached hydrogen (secondary N) is 2. The normalized spacial score (nSPS) is 15.0. The highest BCUT2D eigenvalue weighted by atomic mass is 16.5. The molecule has 1 saturated carbocycles. The summed E-state index contributed by atoms with van der Waals surface area (Å²) in [5.41, 5.74) is 0.536. The fourth-order valence-corrected chi connectivity index (χ4v) is 3.01. The lowest BCUT2D eigenvalue weighted by Crippen LogP contribution is -2.41. The maximum Gasteiger partial charge on any atom is 0.340 e. The molecule has 0 spiro atoms. The van der Waals surface area contributed by atoms with E-state index in [2.05, 4.69) is 10.6 Å². The van der Waals surface area contributed by atoms with Gasteiger partial charge in [0.25, 0.3) is 0 Å². The van der Waals surface area contributed by atoms with Crippen LogP contribution in [-0.4, -0.2) is 30.4 Å². The Hall–Kier alpha value is -2.37. The highest BCUT2D eigenvalue weighted by Crippen LogP contribution is 2.18. The van der Waals surface area contributed by atoms with Crippen molar-refractivity contribution in [2.24, 2.45) is 0 Å². The lowest BCUT2D eigenvalue weighted by Gasteiger charge is -2.16. The molecule has 1 aromatic rings. The van der Waals surface area contributed by atoms with Gasteiger partial charge in [0, 0.05) is 6.04 Å². The minimum absolute atomic E-state index is 0.0463. The first-order valence-corrected chi connectivity index (χ1v) is 9.49. The highest BCUT2D eigenvalue weighted by molar-refractivity contribution is 6.40. The number of esters is 1. The lowest BCUT2D eigenvalue weighted by molar-refractivity contribution is -0.136. The Morgan fingerprint density at radius 2 is 1.73 bits per heavy atom. The molecule has 0 aliphatic heterocycles. The Morgan fingerprint density at radius 1 is 1.04 bits per heavy atom. The molecule has 0 saturated heterocycles. The predicted octanol–water partition coefficient (Wildman–Crippen LogP) is 3.42. The number of ether oxygens (including phenoxy) is 1. The van der Waals surface area contributed by atoms with Crippen molar-refractivity contribution in [3.05, 3.63) is 29.8 Å². The van der Waals surface area contributed by atoms with Crippen LogP contribution in [0, 0.1) is 0 Å². The zero-order valence-corrected chi connectivity index (χ0v) is 15.4. The van der Waals surface area contributed by atoms with Crippen LogP contribution in [0.25, 0.3) is 0 Å². The maximum absolute atomic E-state index is 12.2. The van der Waals surface area contributed by atoms with E-state index in [-0.39, 0.29) is 17.3 Å². The molecule has 6 nitrogen and oxygen atoms in total. The van der Waals surface area contributed by atoms with Crippen molar-refractivity contribution in [1.82, 2.24) is 5.32 Å². The molecule has 0 radical (unpaired) electrons. The average molecular weight is 360 g/mol. The largest absolute Gasteiger partial charge is 0.462 e. The summed E-state index contributed by atoms with van der Waals surface area (Å²) < 4.78 is 5.20. The Labute approximate surface area is 154 Å². The molecule has 26 heavy (non-hydrogen) atoms. The Bertz CT molecular complexity index is 622. The molecule has 2 rings (SSSR count). The van der Waals surface area contributed by atoms with Gasteiger partial charge in [-0.05, 0) is 31.4 Å². The van der Waals surface area contributed by atoms with Gasteiger partial charge in [0.15, 0.2) is 0 Å². The van der Waals surface area contributed by atoms with Crippen LogP contribution in [0.2, 0.25) is 0 Å². The summed E-state index contributed by atoms with van der Waals surface area (Å²) in [5.74, 6) is -1.92. The molecule has 2 N–H and O–H groups in total. The van der Waals surface area contributed by atoms with Crippen molar-refractivity contribution < 1.29 is 19.1 Å². The number of rotatable bonds is 6. The van der Waals surface area contributed by atoms with Gasteiger partial charge in [-0.2, -0.15) is 0 Å². The number of carbonyl (C=O) groups excluding carboxylic acids is 3. The summed E-state index contributed by atoms with van der Waals surface area (Å²) in [6.07, 6.45) is 7.99. The topological polar surface area (TPSA) is 84.5 Å². The number of hydrogen-bond acceptors (Lipinski definition) is 4. The van der Waals surface area contributed by atoms with E-state index < -0.39 is 17.8 Å². The summed E-state index contributed by atoms with van der Waals surface area (Å²) in [7, 11) is 0. The van der Waals surface area contributed by atoms with Crippen LogP contribution in [0.4, 0.5) is 5.69 Å². The first kappa shape index (κ1) is 19.9. The van der Waals surface area contributed by atoms with Crippen LogP contribution in [0.5, 0.6) is 0 Å². The zero-order valence-electron chi connectivity index (χ0n) is 15.4. The number of hydrogen-bond donors (Lipinski definition) is 2. The van der Waals surface area contributed by atoms with Crippen LogP contribution in [0.3, 0.4) is 0 Å². The van der Waals surface area contributed by atoms with Crippen molar-refractivity contribution in [1.29, 1.82) is 0 Å². The molecule has 0 aromatic heterocycles. The number of para-hydroxylation sites is 1. The van der Waals surface area contributed by atoms with E-state index in [1.807, 2.05) is 6.92 Å². The zero-order chi connectivity index (χ0) is 18.8. The van der Waals surface area contributed by atoms with E-state index in [9.17, 15) is 14.4 Å². The molecule has 6 heteroatoms. The first-order chi connectivity index (χ1) is 12.6.